The van der Waals surface area contributed by atoms with Crippen molar-refractivity contribution >= 4 is 22.8 Å². The predicted molar refractivity (Wildman–Crippen MR) is 117 cm³/mol. The van der Waals surface area contributed by atoms with E-state index in [4.69, 9.17) is 9.15 Å². The van der Waals surface area contributed by atoms with Gasteiger partial charge in [0.05, 0.1) is 23.4 Å². The van der Waals surface area contributed by atoms with Gasteiger partial charge < -0.3 is 14.5 Å². The van der Waals surface area contributed by atoms with E-state index in [1.165, 1.54) is 0 Å². The zero-order valence-electron chi connectivity index (χ0n) is 17.2. The van der Waals surface area contributed by atoms with Gasteiger partial charge >= 0.3 is 5.97 Å². The normalized spacial score (nSPS) is 12.8. The number of nitrogens with one attached hydrogen (secondary N) is 1. The summed E-state index contributed by atoms with van der Waals surface area (Å²) in [6, 6.07) is 21.8. The van der Waals surface area contributed by atoms with Crippen molar-refractivity contribution in [3.05, 3.63) is 90.2 Å². The molecule has 0 radical (unpaired) electrons. The van der Waals surface area contributed by atoms with E-state index in [1.807, 2.05) is 55.5 Å². The molecule has 0 aliphatic rings. The first kappa shape index (κ1) is 20.3. The lowest BCUT2D eigenvalue weighted by Gasteiger charge is -2.18. The van der Waals surface area contributed by atoms with Crippen molar-refractivity contribution in [3.8, 4) is 11.5 Å². The number of ether oxygens (including phenoxy) is 1. The highest BCUT2D eigenvalue weighted by atomic mass is 16.5. The number of hydrogen-bond donors (Lipinski definition) is 1. The average molecular weight is 414 g/mol. The molecule has 0 spiro atoms. The summed E-state index contributed by atoms with van der Waals surface area (Å²) in [7, 11) is 0. The number of nitrogens with zero attached hydrogens (tertiary/aromatic N) is 1. The van der Waals surface area contributed by atoms with Gasteiger partial charge in [-0.05, 0) is 43.7 Å². The van der Waals surface area contributed by atoms with Gasteiger partial charge in [0.1, 0.15) is 5.69 Å². The van der Waals surface area contributed by atoms with Crippen LogP contribution in [0.5, 0.6) is 0 Å². The van der Waals surface area contributed by atoms with E-state index in [2.05, 4.69) is 10.3 Å². The number of benzene rings is 2. The van der Waals surface area contributed by atoms with Gasteiger partial charge in [0.2, 0.25) is 0 Å². The Balaban J connectivity index is 1.54. The number of carbonyl (C=O) groups is 2. The van der Waals surface area contributed by atoms with E-state index >= 15 is 0 Å². The van der Waals surface area contributed by atoms with Crippen LogP contribution in [0.4, 0.5) is 0 Å². The summed E-state index contributed by atoms with van der Waals surface area (Å²) in [6.45, 7) is 3.44. The molecule has 0 fully saturated rings. The van der Waals surface area contributed by atoms with Crippen molar-refractivity contribution in [2.45, 2.75) is 26.0 Å². The monoisotopic (exact) mass is 414 g/mol. The molecule has 6 heteroatoms. The Bertz CT molecular complexity index is 1200. The molecule has 2 heterocycles. The fourth-order valence-electron chi connectivity index (χ4n) is 3.33. The van der Waals surface area contributed by atoms with Crippen LogP contribution >= 0.6 is 0 Å². The number of hydrogen-bond acceptors (Lipinski definition) is 5. The summed E-state index contributed by atoms with van der Waals surface area (Å²) in [5, 5.41) is 3.53. The molecule has 4 rings (SSSR count). The molecule has 0 saturated carbocycles. The minimum absolute atomic E-state index is 0.206. The zero-order valence-corrected chi connectivity index (χ0v) is 17.2. The van der Waals surface area contributed by atoms with Crippen LogP contribution in [0.15, 0.2) is 83.5 Å². The smallest absolute Gasteiger partial charge is 0.339 e. The maximum Gasteiger partial charge on any atom is 0.339 e. The van der Waals surface area contributed by atoms with Crippen LogP contribution in [-0.4, -0.2) is 23.0 Å². The van der Waals surface area contributed by atoms with Crippen molar-refractivity contribution in [2.75, 3.05) is 0 Å². The third-order valence-electron chi connectivity index (χ3n) is 5.02. The molecule has 1 amide bonds. The van der Waals surface area contributed by atoms with Gasteiger partial charge in [-0.2, -0.15) is 0 Å². The molecule has 31 heavy (non-hydrogen) atoms. The van der Waals surface area contributed by atoms with Crippen molar-refractivity contribution in [3.63, 3.8) is 0 Å². The van der Waals surface area contributed by atoms with E-state index in [9.17, 15) is 9.59 Å². The molecule has 0 aliphatic heterocycles. The lowest BCUT2D eigenvalue weighted by atomic mass is 10.1. The molecule has 2 atom stereocenters. The fraction of sp³-hybridized carbons (Fsp3) is 0.160. The molecule has 0 bridgehead atoms. The molecule has 0 unspecified atom stereocenters. The van der Waals surface area contributed by atoms with Crippen LogP contribution in [0.2, 0.25) is 0 Å². The van der Waals surface area contributed by atoms with Gasteiger partial charge in [0, 0.05) is 5.39 Å². The van der Waals surface area contributed by atoms with Crippen LogP contribution in [0.25, 0.3) is 22.4 Å². The molecule has 4 aromatic rings. The summed E-state index contributed by atoms with van der Waals surface area (Å²) < 4.78 is 10.9. The van der Waals surface area contributed by atoms with E-state index in [0.717, 1.165) is 5.56 Å². The second-order valence-corrected chi connectivity index (χ2v) is 7.24. The number of furan rings is 1. The molecule has 2 aromatic carbocycles. The van der Waals surface area contributed by atoms with Crippen LogP contribution in [0.3, 0.4) is 0 Å². The number of carbonyl (C=O) groups excluding carboxylic acids is 2. The fourth-order valence-corrected chi connectivity index (χ4v) is 3.33. The molecule has 156 valence electrons. The van der Waals surface area contributed by atoms with Crippen LogP contribution in [-0.2, 0) is 9.53 Å². The topological polar surface area (TPSA) is 81.4 Å². The summed E-state index contributed by atoms with van der Waals surface area (Å²) in [5.41, 5.74) is 2.45. The molecular formula is C25H22N2O4. The summed E-state index contributed by atoms with van der Waals surface area (Å²) in [4.78, 5) is 30.2. The minimum Gasteiger partial charge on any atom is -0.463 e. The maximum absolute atomic E-state index is 13.0. The van der Waals surface area contributed by atoms with Crippen molar-refractivity contribution in [1.29, 1.82) is 0 Å². The number of aromatic nitrogens is 1. The van der Waals surface area contributed by atoms with Gasteiger partial charge in [-0.1, -0.05) is 48.5 Å². The Labute approximate surface area is 179 Å². The number of amides is 1. The molecule has 6 nitrogen and oxygen atoms in total. The molecular weight excluding hydrogens is 392 g/mol. The maximum atomic E-state index is 13.0. The highest BCUT2D eigenvalue weighted by Gasteiger charge is 2.23. The second-order valence-electron chi connectivity index (χ2n) is 7.24. The first-order valence-corrected chi connectivity index (χ1v) is 10.0. The van der Waals surface area contributed by atoms with Crippen LogP contribution in [0, 0.1) is 0 Å². The lowest BCUT2D eigenvalue weighted by Crippen LogP contribution is -2.37. The Kier molecular flexibility index (Phi) is 5.80. The van der Waals surface area contributed by atoms with Gasteiger partial charge in [0.15, 0.2) is 11.9 Å². The van der Waals surface area contributed by atoms with Crippen molar-refractivity contribution < 1.29 is 18.7 Å². The Morgan fingerprint density at radius 2 is 1.71 bits per heavy atom. The van der Waals surface area contributed by atoms with Gasteiger partial charge in [-0.15, -0.1) is 0 Å². The second kappa shape index (κ2) is 8.83. The highest BCUT2D eigenvalue weighted by molar-refractivity contribution is 6.05. The SMILES string of the molecule is C[C@H](OC(=O)c1cc(-c2ccco2)nc2ccccc12)C(=O)N[C@@H](C)c1ccccc1. The minimum atomic E-state index is -0.961. The van der Waals surface area contributed by atoms with Gasteiger partial charge in [-0.25, -0.2) is 9.78 Å². The number of fused-ring (bicyclic) bond motifs is 1. The summed E-state index contributed by atoms with van der Waals surface area (Å²) >= 11 is 0. The van der Waals surface area contributed by atoms with E-state index in [0.29, 0.717) is 27.9 Å². The summed E-state index contributed by atoms with van der Waals surface area (Å²) in [5.74, 6) is -0.418. The number of rotatable bonds is 6. The summed E-state index contributed by atoms with van der Waals surface area (Å²) in [6.07, 6.45) is 0.586. The van der Waals surface area contributed by atoms with Crippen LogP contribution in [0.1, 0.15) is 35.8 Å². The van der Waals surface area contributed by atoms with Crippen molar-refractivity contribution in [1.82, 2.24) is 10.3 Å². The number of para-hydroxylation sites is 1. The number of esters is 1. The standard InChI is InChI=1S/C25H22N2O4/c1-16(18-9-4-3-5-10-18)26-24(28)17(2)31-25(29)20-15-22(23-13-8-14-30-23)27-21-12-7-6-11-19(20)21/h3-17H,1-2H3,(H,26,28)/t16-,17-/m0/s1. The van der Waals surface area contributed by atoms with Gasteiger partial charge in [-0.3, -0.25) is 4.79 Å². The third kappa shape index (κ3) is 4.48. The van der Waals surface area contributed by atoms with Crippen LogP contribution < -0.4 is 5.32 Å². The first-order valence-electron chi connectivity index (χ1n) is 10.0. The largest absolute Gasteiger partial charge is 0.463 e. The zero-order chi connectivity index (χ0) is 21.8. The van der Waals surface area contributed by atoms with Gasteiger partial charge in [0.25, 0.3) is 5.91 Å². The third-order valence-corrected chi connectivity index (χ3v) is 5.02. The first-order chi connectivity index (χ1) is 15.0. The highest BCUT2D eigenvalue weighted by Crippen LogP contribution is 2.26. The molecule has 2 aromatic heterocycles. The molecule has 0 aliphatic carbocycles. The predicted octanol–water partition coefficient (Wildman–Crippen LogP) is 4.92. The lowest BCUT2D eigenvalue weighted by molar-refractivity contribution is -0.129. The van der Waals surface area contributed by atoms with Crippen molar-refractivity contribution in [2.24, 2.45) is 0 Å². The number of pyridine rings is 1. The molecule has 0 saturated heterocycles. The average Bonchev–Trinajstić information content (AvgIpc) is 3.33. The Morgan fingerprint density at radius 1 is 0.968 bits per heavy atom. The molecule has 1 N–H and O–H groups in total. The van der Waals surface area contributed by atoms with E-state index in [-0.39, 0.29) is 11.9 Å². The quantitative estimate of drug-likeness (QED) is 0.453. The van der Waals surface area contributed by atoms with E-state index in [1.54, 1.807) is 37.5 Å². The Hall–Kier alpha value is -3.93. The van der Waals surface area contributed by atoms with E-state index < -0.39 is 12.1 Å². The Morgan fingerprint density at radius 3 is 2.45 bits per heavy atom.